The molecule has 2 atom stereocenters. The molecule has 34 heavy (non-hydrogen) atoms. The van der Waals surface area contributed by atoms with Crippen LogP contribution in [-0.2, 0) is 17.2 Å². The molecule has 1 amide bonds. The number of carbonyl (C=O) groups excluding carboxylic acids is 1. The van der Waals surface area contributed by atoms with Gasteiger partial charge >= 0.3 is 0 Å². The van der Waals surface area contributed by atoms with E-state index in [1.165, 1.54) is 0 Å². The summed E-state index contributed by atoms with van der Waals surface area (Å²) in [5, 5.41) is 22.2. The van der Waals surface area contributed by atoms with E-state index in [-0.39, 0.29) is 18.1 Å². The zero-order valence-corrected chi connectivity index (χ0v) is 19.6. The Hall–Kier alpha value is -3.60. The van der Waals surface area contributed by atoms with Gasteiger partial charge in [-0.1, -0.05) is 5.21 Å². The van der Waals surface area contributed by atoms with Crippen LogP contribution in [0.5, 0.6) is 0 Å². The highest BCUT2D eigenvalue weighted by Gasteiger charge is 2.36. The van der Waals surface area contributed by atoms with Gasteiger partial charge in [-0.2, -0.15) is 9.61 Å². The van der Waals surface area contributed by atoms with Gasteiger partial charge in [-0.05, 0) is 37.0 Å². The molecule has 0 unspecified atom stereocenters. The van der Waals surface area contributed by atoms with E-state index in [0.29, 0.717) is 22.8 Å². The number of carbonyl (C=O) groups is 1. The number of rotatable bonds is 1. The van der Waals surface area contributed by atoms with E-state index in [0.717, 1.165) is 41.5 Å². The number of hydrogen-bond acceptors (Lipinski definition) is 8. The molecule has 3 N–H and O–H groups in total. The Bertz CT molecular complexity index is 1450. The van der Waals surface area contributed by atoms with Crippen molar-refractivity contribution >= 4 is 55.6 Å². The molecule has 4 heterocycles. The Morgan fingerprint density at radius 1 is 1.26 bits per heavy atom. The van der Waals surface area contributed by atoms with Gasteiger partial charge in [0.25, 0.3) is 5.91 Å². The molecule has 172 valence electrons. The number of aromatic nitrogens is 6. The number of nitrogens with zero attached hydrogens (tertiary/aromatic N) is 6. The zero-order chi connectivity index (χ0) is 23.6. The quantitative estimate of drug-likeness (QED) is 0.338. The number of fused-ring (bicyclic) bond motifs is 6. The van der Waals surface area contributed by atoms with Crippen molar-refractivity contribution in [2.24, 2.45) is 7.05 Å². The van der Waals surface area contributed by atoms with Gasteiger partial charge < -0.3 is 20.7 Å². The fourth-order valence-corrected chi connectivity index (χ4v) is 5.07. The first kappa shape index (κ1) is 21.0. The molecule has 1 saturated carbocycles. The minimum absolute atomic E-state index is 0.0885. The number of anilines is 3. The average molecular weight is 457 g/mol. The molecule has 0 spiro atoms. The lowest BCUT2D eigenvalue weighted by Gasteiger charge is -2.33. The van der Waals surface area contributed by atoms with Crippen LogP contribution in [0.3, 0.4) is 0 Å². The highest BCUT2D eigenvalue weighted by Crippen LogP contribution is 2.35. The van der Waals surface area contributed by atoms with Crippen molar-refractivity contribution in [1.82, 2.24) is 34.9 Å². The van der Waals surface area contributed by atoms with Crippen LogP contribution in [0, 0.1) is 0 Å². The second-order valence-electron chi connectivity index (χ2n) is 9.48. The Balaban J connectivity index is 1.60. The van der Waals surface area contributed by atoms with Crippen LogP contribution in [0.1, 0.15) is 35.2 Å². The highest BCUT2D eigenvalue weighted by atomic mass is 16.5. The first-order chi connectivity index (χ1) is 16.3. The van der Waals surface area contributed by atoms with Gasteiger partial charge in [0.05, 0.1) is 24.0 Å². The van der Waals surface area contributed by atoms with Crippen LogP contribution in [0.15, 0.2) is 24.4 Å². The summed E-state index contributed by atoms with van der Waals surface area (Å²) in [6, 6.07) is 5.86. The van der Waals surface area contributed by atoms with Crippen molar-refractivity contribution in [3.05, 3.63) is 35.5 Å². The summed E-state index contributed by atoms with van der Waals surface area (Å²) in [5.41, 5.74) is 4.28. The number of amides is 1. The fourth-order valence-electron chi connectivity index (χ4n) is 5.07. The smallest absolute Gasteiger partial charge is 0.257 e. The van der Waals surface area contributed by atoms with E-state index >= 15 is 0 Å². The van der Waals surface area contributed by atoms with Gasteiger partial charge in [-0.15, -0.1) is 5.10 Å². The first-order valence-electron chi connectivity index (χ1n) is 11.5. The third-order valence-corrected chi connectivity index (χ3v) is 6.85. The Morgan fingerprint density at radius 3 is 2.94 bits per heavy atom. The molecule has 2 aliphatic rings. The molecule has 11 nitrogen and oxygen atoms in total. The molecule has 4 bridgehead atoms. The van der Waals surface area contributed by atoms with Gasteiger partial charge in [0.2, 0.25) is 0 Å². The molecule has 13 heteroatoms. The second kappa shape index (κ2) is 7.45. The minimum Gasteiger partial charge on any atom is -0.383 e. The monoisotopic (exact) mass is 457 g/mol. The summed E-state index contributed by atoms with van der Waals surface area (Å²) in [4.78, 5) is 18.1. The normalized spacial score (nSPS) is 21.8. The lowest BCUT2D eigenvalue weighted by Crippen LogP contribution is -2.45. The molecule has 6 rings (SSSR count). The predicted molar refractivity (Wildman–Crippen MR) is 133 cm³/mol. The van der Waals surface area contributed by atoms with Crippen LogP contribution >= 0.6 is 0 Å². The van der Waals surface area contributed by atoms with E-state index in [4.69, 9.17) is 9.72 Å². The molecule has 1 aromatic carbocycles. The summed E-state index contributed by atoms with van der Waals surface area (Å²) in [5.74, 6) is 1.07. The van der Waals surface area contributed by atoms with Gasteiger partial charge in [0.1, 0.15) is 43.9 Å². The van der Waals surface area contributed by atoms with E-state index in [9.17, 15) is 4.79 Å². The fraction of sp³-hybridized carbons (Fsp3) is 0.381. The highest BCUT2D eigenvalue weighted by molar-refractivity contribution is 6.39. The van der Waals surface area contributed by atoms with Crippen LogP contribution in [0.4, 0.5) is 17.3 Å². The number of benzene rings is 1. The van der Waals surface area contributed by atoms with Crippen LogP contribution in [0.2, 0.25) is 0 Å². The maximum absolute atomic E-state index is 13.3. The number of nitrogens with one attached hydrogen (secondary N) is 3. The van der Waals surface area contributed by atoms with Gasteiger partial charge in [0.15, 0.2) is 5.65 Å². The topological polar surface area (TPSA) is 123 Å². The van der Waals surface area contributed by atoms with Crippen LogP contribution < -0.4 is 16.0 Å². The summed E-state index contributed by atoms with van der Waals surface area (Å²) in [7, 11) is 7.77. The maximum Gasteiger partial charge on any atom is 0.257 e. The lowest BCUT2D eigenvalue weighted by molar-refractivity contribution is -0.00587. The number of aryl methyl sites for hydroxylation is 1. The third kappa shape index (κ3) is 3.22. The van der Waals surface area contributed by atoms with Crippen molar-refractivity contribution < 1.29 is 9.53 Å². The Labute approximate surface area is 197 Å². The third-order valence-electron chi connectivity index (χ3n) is 6.85. The van der Waals surface area contributed by atoms with Crippen molar-refractivity contribution in [2.75, 3.05) is 17.7 Å². The molecular weight excluding hydrogens is 432 g/mol. The van der Waals surface area contributed by atoms with Crippen LogP contribution in [0.25, 0.3) is 16.7 Å². The summed E-state index contributed by atoms with van der Waals surface area (Å²) in [6.07, 6.45) is 4.19. The largest absolute Gasteiger partial charge is 0.383 e. The Morgan fingerprint density at radius 2 is 2.12 bits per heavy atom. The van der Waals surface area contributed by atoms with Crippen molar-refractivity contribution in [2.45, 2.75) is 36.8 Å². The van der Waals surface area contributed by atoms with Crippen molar-refractivity contribution in [3.63, 3.8) is 0 Å². The van der Waals surface area contributed by atoms with Gasteiger partial charge in [0, 0.05) is 25.6 Å². The molecule has 0 saturated heterocycles. The molecule has 0 radical (unpaired) electrons. The molecule has 3 aromatic heterocycles. The van der Waals surface area contributed by atoms with Crippen molar-refractivity contribution in [3.8, 4) is 0 Å². The predicted octanol–water partition coefficient (Wildman–Crippen LogP) is -0.146. The van der Waals surface area contributed by atoms with Gasteiger partial charge in [-0.25, -0.2) is 9.67 Å². The average Bonchev–Trinajstić information content (AvgIpc) is 3.51. The second-order valence-corrected chi connectivity index (χ2v) is 9.48. The molecule has 1 fully saturated rings. The van der Waals surface area contributed by atoms with Gasteiger partial charge in [-0.3, -0.25) is 4.79 Å². The standard InChI is InChI=1S/C21H25B2N9O2/c1-24-17-8-16-26-13-6-10(7-14-18(13)31(2)30-29-14)21(22,23)34-15-5-3-4-12(15)27-20(33)11-9-25-32(17)19(11)28-16/h6-9,12,15,24H,3-5,22-23H2,1-2H3,(H,26,28)(H,27,33)/t12-,15-/m1/s1. The SMILES string of the molecule is BC1(B)O[C@@H]2CCC[C@H]2NC(=O)c2cnn3c(NC)cc(nc23)Nc2cc1cc1nnn(C)c21. The van der Waals surface area contributed by atoms with E-state index < -0.39 is 5.40 Å². The minimum atomic E-state index is -0.610. The molecule has 1 aliphatic heterocycles. The Kier molecular flexibility index (Phi) is 4.60. The molecule has 4 aromatic rings. The number of hydrogen-bond donors (Lipinski definition) is 3. The van der Waals surface area contributed by atoms with E-state index in [1.807, 2.05) is 26.2 Å². The summed E-state index contributed by atoms with van der Waals surface area (Å²) < 4.78 is 10.0. The summed E-state index contributed by atoms with van der Waals surface area (Å²) >= 11 is 0. The summed E-state index contributed by atoms with van der Waals surface area (Å²) in [6.45, 7) is 0. The van der Waals surface area contributed by atoms with Crippen LogP contribution in [-0.4, -0.2) is 70.4 Å². The number of ether oxygens (including phenoxy) is 1. The zero-order valence-electron chi connectivity index (χ0n) is 19.6. The van der Waals surface area contributed by atoms with E-state index in [1.54, 1.807) is 15.4 Å². The molecule has 1 aliphatic carbocycles. The maximum atomic E-state index is 13.3. The first-order valence-corrected chi connectivity index (χ1v) is 11.5. The van der Waals surface area contributed by atoms with E-state index in [2.05, 4.69) is 53.1 Å². The molecular formula is C21H25B2N9O2. The lowest BCUT2D eigenvalue weighted by atomic mass is 9.61. The van der Waals surface area contributed by atoms with Crippen molar-refractivity contribution in [1.29, 1.82) is 0 Å².